The largest absolute Gasteiger partial charge is 0.477 e. The average Bonchev–Trinajstić information content (AvgIpc) is 3.11. The monoisotopic (exact) mass is 669 g/mol. The van der Waals surface area contributed by atoms with Gasteiger partial charge in [0.25, 0.3) is 0 Å². The zero-order chi connectivity index (χ0) is 33.7. The number of morpholine rings is 1. The molecular formula is C38H40ClN3O6. The minimum Gasteiger partial charge on any atom is -0.477 e. The Morgan fingerprint density at radius 2 is 1.56 bits per heavy atom. The lowest BCUT2D eigenvalue weighted by atomic mass is 9.81. The maximum atomic E-state index is 14.3. The van der Waals surface area contributed by atoms with Gasteiger partial charge >= 0.3 is 11.9 Å². The molecule has 10 heteroatoms. The first-order chi connectivity index (χ1) is 23.5. The Labute approximate surface area is 286 Å². The lowest BCUT2D eigenvalue weighted by Gasteiger charge is -2.32. The van der Waals surface area contributed by atoms with Crippen molar-refractivity contribution in [1.82, 2.24) is 10.2 Å². The van der Waals surface area contributed by atoms with Gasteiger partial charge in [-0.3, -0.25) is 4.90 Å². The fraction of sp³-hybridized carbons (Fsp3) is 0.342. The van der Waals surface area contributed by atoms with Gasteiger partial charge in [-0.25, -0.2) is 9.59 Å². The molecule has 0 amide bonds. The van der Waals surface area contributed by atoms with E-state index in [0.29, 0.717) is 49.1 Å². The molecule has 48 heavy (non-hydrogen) atoms. The standard InChI is InChI=1S/C38H40ClN3O6/c1-27-33(37(43)47-21-9-17-40)34(30-14-8-15-31(39)26-30)35(36(41-27)46-25-20-42-18-23-45-24-19-42)38(44)48-22-16-32(28-10-4-2-5-11-28)29-12-6-3-7-13-29/h2-8,10-15,26,32,34,41H,9,16,18-25H2,1H3. The molecule has 0 bridgehead atoms. The van der Waals surface area contributed by atoms with Crippen LogP contribution in [-0.4, -0.2) is 69.5 Å². The number of esters is 2. The highest BCUT2D eigenvalue weighted by Crippen LogP contribution is 2.40. The molecule has 0 aromatic heterocycles. The summed E-state index contributed by atoms with van der Waals surface area (Å²) in [6, 6.07) is 29.2. The molecule has 0 radical (unpaired) electrons. The molecule has 0 spiro atoms. The maximum Gasteiger partial charge on any atom is 0.340 e. The van der Waals surface area contributed by atoms with Crippen molar-refractivity contribution in [2.45, 2.75) is 31.6 Å². The number of halogens is 1. The van der Waals surface area contributed by atoms with E-state index in [1.54, 1.807) is 31.2 Å². The number of nitriles is 1. The summed E-state index contributed by atoms with van der Waals surface area (Å²) in [5, 5.41) is 12.6. The van der Waals surface area contributed by atoms with Crippen LogP contribution in [0.2, 0.25) is 5.02 Å². The molecule has 1 unspecified atom stereocenters. The van der Waals surface area contributed by atoms with E-state index in [-0.39, 0.29) is 42.6 Å². The molecule has 250 valence electrons. The van der Waals surface area contributed by atoms with Gasteiger partial charge in [-0.05, 0) is 42.2 Å². The Balaban J connectivity index is 1.45. The van der Waals surface area contributed by atoms with Gasteiger partial charge in [0.2, 0.25) is 5.88 Å². The van der Waals surface area contributed by atoms with Crippen LogP contribution in [0.4, 0.5) is 0 Å². The summed E-state index contributed by atoms with van der Waals surface area (Å²) in [6.45, 7) is 5.57. The summed E-state index contributed by atoms with van der Waals surface area (Å²) < 4.78 is 23.3. The van der Waals surface area contributed by atoms with Gasteiger partial charge in [0.1, 0.15) is 18.8 Å². The normalized spacial score (nSPS) is 16.7. The van der Waals surface area contributed by atoms with Gasteiger partial charge in [0, 0.05) is 36.3 Å². The molecule has 3 aromatic rings. The smallest absolute Gasteiger partial charge is 0.340 e. The molecule has 2 aliphatic rings. The van der Waals surface area contributed by atoms with Crippen LogP contribution in [0.5, 0.6) is 0 Å². The SMILES string of the molecule is CC1=C(C(=O)OCCC#N)C(c2cccc(Cl)c2)C(C(=O)OCCC(c2ccccc2)c2ccccc2)=C(OCCN2CCOCC2)N1. The van der Waals surface area contributed by atoms with Crippen molar-refractivity contribution >= 4 is 23.5 Å². The Morgan fingerprint density at radius 3 is 2.21 bits per heavy atom. The molecule has 1 fully saturated rings. The van der Waals surface area contributed by atoms with Crippen molar-refractivity contribution in [3.63, 3.8) is 0 Å². The van der Waals surface area contributed by atoms with Crippen LogP contribution in [0, 0.1) is 11.3 Å². The highest BCUT2D eigenvalue weighted by molar-refractivity contribution is 6.30. The molecule has 1 atom stereocenters. The first kappa shape index (κ1) is 34.7. The molecule has 9 nitrogen and oxygen atoms in total. The van der Waals surface area contributed by atoms with Gasteiger partial charge in [-0.1, -0.05) is 84.4 Å². The Kier molecular flexibility index (Phi) is 12.7. The highest BCUT2D eigenvalue weighted by atomic mass is 35.5. The quantitative estimate of drug-likeness (QED) is 0.161. The van der Waals surface area contributed by atoms with Gasteiger partial charge in [-0.2, -0.15) is 5.26 Å². The number of carbonyl (C=O) groups excluding carboxylic acids is 2. The summed E-state index contributed by atoms with van der Waals surface area (Å²) in [5.74, 6) is -1.95. The van der Waals surface area contributed by atoms with Gasteiger partial charge in [0.05, 0.1) is 43.8 Å². The van der Waals surface area contributed by atoms with Crippen LogP contribution >= 0.6 is 11.6 Å². The van der Waals surface area contributed by atoms with Gasteiger partial charge < -0.3 is 24.3 Å². The van der Waals surface area contributed by atoms with Crippen molar-refractivity contribution in [2.75, 3.05) is 52.7 Å². The van der Waals surface area contributed by atoms with E-state index in [4.69, 9.17) is 35.8 Å². The molecule has 0 aliphatic carbocycles. The number of hydrogen-bond acceptors (Lipinski definition) is 9. The van der Waals surface area contributed by atoms with Gasteiger partial charge in [-0.15, -0.1) is 0 Å². The van der Waals surface area contributed by atoms with Crippen molar-refractivity contribution in [3.05, 3.63) is 129 Å². The van der Waals surface area contributed by atoms with E-state index in [1.165, 1.54) is 0 Å². The molecule has 5 rings (SSSR count). The number of carbonyl (C=O) groups is 2. The molecule has 0 saturated carbocycles. The number of benzene rings is 3. The molecule has 2 heterocycles. The predicted molar refractivity (Wildman–Crippen MR) is 182 cm³/mol. The van der Waals surface area contributed by atoms with E-state index in [9.17, 15) is 9.59 Å². The summed E-state index contributed by atoms with van der Waals surface area (Å²) in [6.07, 6.45) is 0.575. The number of dihydropyridines is 1. The van der Waals surface area contributed by atoms with E-state index < -0.39 is 17.9 Å². The highest BCUT2D eigenvalue weighted by Gasteiger charge is 2.40. The van der Waals surface area contributed by atoms with Crippen molar-refractivity contribution < 1.29 is 28.5 Å². The summed E-state index contributed by atoms with van der Waals surface area (Å²) in [7, 11) is 0. The van der Waals surface area contributed by atoms with E-state index >= 15 is 0 Å². The van der Waals surface area contributed by atoms with Crippen LogP contribution in [-0.2, 0) is 28.5 Å². The van der Waals surface area contributed by atoms with Crippen LogP contribution in [0.25, 0.3) is 0 Å². The number of nitrogens with one attached hydrogen (secondary N) is 1. The van der Waals surface area contributed by atoms with Crippen molar-refractivity contribution in [3.8, 4) is 6.07 Å². The van der Waals surface area contributed by atoms with Crippen molar-refractivity contribution in [2.24, 2.45) is 0 Å². The first-order valence-electron chi connectivity index (χ1n) is 16.2. The predicted octanol–water partition coefficient (Wildman–Crippen LogP) is 6.08. The van der Waals surface area contributed by atoms with Crippen molar-refractivity contribution in [1.29, 1.82) is 5.26 Å². The minimum absolute atomic E-state index is 0.000515. The third-order valence-corrected chi connectivity index (χ3v) is 8.63. The second-order valence-electron chi connectivity index (χ2n) is 11.5. The third kappa shape index (κ3) is 9.04. The van der Waals surface area contributed by atoms with Crippen LogP contribution in [0.1, 0.15) is 48.3 Å². The molecule has 1 saturated heterocycles. The Hall–Kier alpha value is -4.62. The molecular weight excluding hydrogens is 630 g/mol. The minimum atomic E-state index is -0.899. The third-order valence-electron chi connectivity index (χ3n) is 8.40. The second-order valence-corrected chi connectivity index (χ2v) is 12.0. The van der Waals surface area contributed by atoms with E-state index in [2.05, 4.69) is 34.5 Å². The topological polar surface area (TPSA) is 110 Å². The maximum absolute atomic E-state index is 14.3. The van der Waals surface area contributed by atoms with Crippen LogP contribution < -0.4 is 5.32 Å². The second kappa shape index (κ2) is 17.5. The first-order valence-corrected chi connectivity index (χ1v) is 16.6. The number of nitrogens with zero attached hydrogens (tertiary/aromatic N) is 2. The number of ether oxygens (including phenoxy) is 4. The zero-order valence-electron chi connectivity index (χ0n) is 27.0. The Bertz CT molecular complexity index is 1610. The summed E-state index contributed by atoms with van der Waals surface area (Å²) in [4.78, 5) is 30.1. The number of hydrogen-bond donors (Lipinski definition) is 1. The van der Waals surface area contributed by atoms with Crippen LogP contribution in [0.15, 0.2) is 108 Å². The fourth-order valence-electron chi connectivity index (χ4n) is 6.02. The fourth-order valence-corrected chi connectivity index (χ4v) is 6.22. The van der Waals surface area contributed by atoms with Gasteiger partial charge in [0.15, 0.2) is 0 Å². The average molecular weight is 670 g/mol. The molecule has 3 aromatic carbocycles. The number of rotatable bonds is 14. The molecule has 2 aliphatic heterocycles. The zero-order valence-corrected chi connectivity index (χ0v) is 27.8. The van der Waals surface area contributed by atoms with E-state index in [1.807, 2.05) is 42.5 Å². The lowest BCUT2D eigenvalue weighted by Crippen LogP contribution is -2.39. The summed E-state index contributed by atoms with van der Waals surface area (Å²) in [5.41, 5.74) is 3.66. The lowest BCUT2D eigenvalue weighted by molar-refractivity contribution is -0.140. The van der Waals surface area contributed by atoms with E-state index in [0.717, 1.165) is 24.2 Å². The summed E-state index contributed by atoms with van der Waals surface area (Å²) >= 11 is 6.44. The Morgan fingerprint density at radius 1 is 0.917 bits per heavy atom. The van der Waals surface area contributed by atoms with Crippen LogP contribution in [0.3, 0.4) is 0 Å². The number of allylic oxidation sites excluding steroid dienone is 1. The molecule has 1 N–H and O–H groups in total.